The molecule has 0 atom stereocenters. The summed E-state index contributed by atoms with van der Waals surface area (Å²) >= 11 is 13.6. The zero-order valence-electron chi connectivity index (χ0n) is 16.0. The number of ether oxygens (including phenoxy) is 4. The number of halogens is 4. The highest BCUT2D eigenvalue weighted by molar-refractivity contribution is 9.09. The van der Waals surface area contributed by atoms with Crippen LogP contribution in [0, 0.1) is 0 Å². The molecule has 0 aliphatic heterocycles. The molecule has 0 spiro atoms. The second-order valence-electron chi connectivity index (χ2n) is 5.87. The standard InChI is InChI=1S/C21H24Br4O4/c22-5-9-26-18-1-3-20(28-11-7-24)16(14-18)13-17-15-19(27-10-6-23)2-4-21(17)29-12-8-25/h1-4,14-15H,5-13H2. The molecule has 29 heavy (non-hydrogen) atoms. The molecule has 160 valence electrons. The first-order chi connectivity index (χ1) is 14.2. The van der Waals surface area contributed by atoms with Gasteiger partial charge in [-0.1, -0.05) is 63.7 Å². The van der Waals surface area contributed by atoms with Crippen LogP contribution in [-0.2, 0) is 6.42 Å². The minimum Gasteiger partial charge on any atom is -0.493 e. The summed E-state index contributed by atoms with van der Waals surface area (Å²) < 4.78 is 23.4. The van der Waals surface area contributed by atoms with Gasteiger partial charge in [-0.2, -0.15) is 0 Å². The molecule has 0 radical (unpaired) electrons. The topological polar surface area (TPSA) is 36.9 Å². The summed E-state index contributed by atoms with van der Waals surface area (Å²) in [5.41, 5.74) is 2.08. The fourth-order valence-electron chi connectivity index (χ4n) is 2.66. The Morgan fingerprint density at radius 2 is 0.897 bits per heavy atom. The minimum atomic E-state index is 0.593. The van der Waals surface area contributed by atoms with Gasteiger partial charge in [0.25, 0.3) is 0 Å². The van der Waals surface area contributed by atoms with Crippen LogP contribution in [0.25, 0.3) is 0 Å². The van der Waals surface area contributed by atoms with E-state index in [0.29, 0.717) is 32.8 Å². The molecule has 0 bridgehead atoms. The Morgan fingerprint density at radius 1 is 0.517 bits per heavy atom. The van der Waals surface area contributed by atoms with Crippen molar-refractivity contribution >= 4 is 63.7 Å². The van der Waals surface area contributed by atoms with E-state index in [1.54, 1.807) is 0 Å². The van der Waals surface area contributed by atoms with Gasteiger partial charge in [0.1, 0.15) is 23.0 Å². The van der Waals surface area contributed by atoms with Gasteiger partial charge in [0.2, 0.25) is 0 Å². The van der Waals surface area contributed by atoms with Crippen LogP contribution in [0.15, 0.2) is 36.4 Å². The van der Waals surface area contributed by atoms with Gasteiger partial charge in [-0.25, -0.2) is 0 Å². The first kappa shape index (κ1) is 24.8. The molecule has 0 fully saturated rings. The Morgan fingerprint density at radius 3 is 1.28 bits per heavy atom. The first-order valence-corrected chi connectivity index (χ1v) is 13.7. The lowest BCUT2D eigenvalue weighted by molar-refractivity contribution is 0.329. The van der Waals surface area contributed by atoms with E-state index in [1.165, 1.54) is 0 Å². The molecule has 0 aliphatic rings. The molecule has 0 unspecified atom stereocenters. The molecule has 0 saturated heterocycles. The second kappa shape index (κ2) is 14.5. The van der Waals surface area contributed by atoms with Crippen molar-refractivity contribution in [1.82, 2.24) is 0 Å². The van der Waals surface area contributed by atoms with Crippen molar-refractivity contribution in [3.63, 3.8) is 0 Å². The van der Waals surface area contributed by atoms with Crippen molar-refractivity contribution in [2.75, 3.05) is 47.7 Å². The summed E-state index contributed by atoms with van der Waals surface area (Å²) in [6.07, 6.45) is 0.645. The van der Waals surface area contributed by atoms with Crippen molar-refractivity contribution in [2.24, 2.45) is 0 Å². The van der Waals surface area contributed by atoms with Crippen molar-refractivity contribution in [3.05, 3.63) is 47.5 Å². The number of benzene rings is 2. The predicted octanol–water partition coefficient (Wildman–Crippen LogP) is 6.37. The zero-order chi connectivity index (χ0) is 20.9. The monoisotopic (exact) mass is 656 g/mol. The lowest BCUT2D eigenvalue weighted by atomic mass is 10.0. The second-order valence-corrected chi connectivity index (χ2v) is 9.04. The lowest BCUT2D eigenvalue weighted by Crippen LogP contribution is -2.06. The molecule has 8 heteroatoms. The minimum absolute atomic E-state index is 0.593. The van der Waals surface area contributed by atoms with Gasteiger partial charge >= 0.3 is 0 Å². The molecule has 0 amide bonds. The summed E-state index contributed by atoms with van der Waals surface area (Å²) in [5, 5.41) is 3.09. The van der Waals surface area contributed by atoms with E-state index >= 15 is 0 Å². The highest BCUT2D eigenvalue weighted by Gasteiger charge is 2.13. The van der Waals surface area contributed by atoms with E-state index in [1.807, 2.05) is 36.4 Å². The van der Waals surface area contributed by atoms with Crippen molar-refractivity contribution < 1.29 is 18.9 Å². The molecule has 4 nitrogen and oxygen atoms in total. The largest absolute Gasteiger partial charge is 0.493 e. The highest BCUT2D eigenvalue weighted by atomic mass is 79.9. The van der Waals surface area contributed by atoms with Gasteiger partial charge in [0.05, 0.1) is 26.4 Å². The summed E-state index contributed by atoms with van der Waals surface area (Å²) in [4.78, 5) is 0. The summed E-state index contributed by atoms with van der Waals surface area (Å²) in [5.74, 6) is 3.32. The average molecular weight is 660 g/mol. The van der Waals surface area contributed by atoms with Gasteiger partial charge in [0.15, 0.2) is 0 Å². The van der Waals surface area contributed by atoms with Gasteiger partial charge < -0.3 is 18.9 Å². The number of hydrogen-bond donors (Lipinski definition) is 0. The molecule has 0 saturated carbocycles. The van der Waals surface area contributed by atoms with E-state index in [9.17, 15) is 0 Å². The first-order valence-electron chi connectivity index (χ1n) is 9.22. The van der Waals surface area contributed by atoms with Gasteiger partial charge in [-0.3, -0.25) is 0 Å². The van der Waals surface area contributed by atoms with E-state index < -0.39 is 0 Å². The Bertz CT molecular complexity index is 681. The molecule has 0 aliphatic carbocycles. The Balaban J connectivity index is 2.34. The van der Waals surface area contributed by atoms with Gasteiger partial charge in [-0.15, -0.1) is 0 Å². The number of alkyl halides is 4. The number of hydrogen-bond acceptors (Lipinski definition) is 4. The molecule has 0 N–H and O–H groups in total. The predicted molar refractivity (Wildman–Crippen MR) is 133 cm³/mol. The molecule has 2 rings (SSSR count). The smallest absolute Gasteiger partial charge is 0.123 e. The lowest BCUT2D eigenvalue weighted by Gasteiger charge is -2.16. The van der Waals surface area contributed by atoms with Gasteiger partial charge in [-0.05, 0) is 36.4 Å². The fourth-order valence-corrected chi connectivity index (χ4v) is 3.31. The van der Waals surface area contributed by atoms with Crippen LogP contribution in [0.1, 0.15) is 11.1 Å². The van der Waals surface area contributed by atoms with Crippen LogP contribution in [0.4, 0.5) is 0 Å². The van der Waals surface area contributed by atoms with Crippen molar-refractivity contribution in [3.8, 4) is 23.0 Å². The van der Waals surface area contributed by atoms with E-state index in [4.69, 9.17) is 18.9 Å². The van der Waals surface area contributed by atoms with Crippen molar-refractivity contribution in [2.45, 2.75) is 6.42 Å². The molecule has 2 aromatic rings. The normalized spacial score (nSPS) is 10.6. The SMILES string of the molecule is BrCCOc1ccc(OCCBr)c(Cc2cc(OCCBr)ccc2OCCBr)c1. The molecule has 0 aromatic heterocycles. The van der Waals surface area contributed by atoms with E-state index in [0.717, 1.165) is 55.4 Å². The number of rotatable bonds is 14. The Hall–Kier alpha value is -0.440. The molecular weight excluding hydrogens is 636 g/mol. The quantitative estimate of drug-likeness (QED) is 0.221. The van der Waals surface area contributed by atoms with Gasteiger partial charge in [0, 0.05) is 38.9 Å². The van der Waals surface area contributed by atoms with Crippen LogP contribution >= 0.6 is 63.7 Å². The Kier molecular flexibility index (Phi) is 12.5. The highest BCUT2D eigenvalue weighted by Crippen LogP contribution is 2.32. The summed E-state index contributed by atoms with van der Waals surface area (Å²) in [7, 11) is 0. The van der Waals surface area contributed by atoms with Crippen LogP contribution in [0.2, 0.25) is 0 Å². The van der Waals surface area contributed by atoms with E-state index in [-0.39, 0.29) is 0 Å². The van der Waals surface area contributed by atoms with Crippen LogP contribution < -0.4 is 18.9 Å². The van der Waals surface area contributed by atoms with E-state index in [2.05, 4.69) is 63.7 Å². The zero-order valence-corrected chi connectivity index (χ0v) is 22.3. The van der Waals surface area contributed by atoms with Crippen LogP contribution in [-0.4, -0.2) is 47.7 Å². The molecule has 2 aromatic carbocycles. The maximum Gasteiger partial charge on any atom is 0.123 e. The van der Waals surface area contributed by atoms with Crippen LogP contribution in [0.5, 0.6) is 23.0 Å². The third-order valence-corrected chi connectivity index (χ3v) is 5.10. The average Bonchev–Trinajstić information content (AvgIpc) is 2.75. The Labute approximate surface area is 206 Å². The summed E-state index contributed by atoms with van der Waals surface area (Å²) in [6, 6.07) is 11.9. The summed E-state index contributed by atoms with van der Waals surface area (Å²) in [6.45, 7) is 2.40. The van der Waals surface area contributed by atoms with Crippen molar-refractivity contribution in [1.29, 1.82) is 0 Å². The maximum absolute atomic E-state index is 5.94. The van der Waals surface area contributed by atoms with Crippen LogP contribution in [0.3, 0.4) is 0 Å². The molecular formula is C21H24Br4O4. The fraction of sp³-hybridized carbons (Fsp3) is 0.429. The molecule has 0 heterocycles. The maximum atomic E-state index is 5.94. The third-order valence-electron chi connectivity index (χ3n) is 3.81. The third kappa shape index (κ3) is 8.67.